The van der Waals surface area contributed by atoms with E-state index in [1.807, 2.05) is 6.07 Å². The van der Waals surface area contributed by atoms with Gasteiger partial charge < -0.3 is 10.6 Å². The Hall–Kier alpha value is -1.58. The molecule has 18 heavy (non-hydrogen) atoms. The van der Waals surface area contributed by atoms with Crippen LogP contribution >= 0.6 is 0 Å². The Morgan fingerprint density at radius 1 is 1.33 bits per heavy atom. The second-order valence-corrected chi connectivity index (χ2v) is 5.19. The van der Waals surface area contributed by atoms with Crippen LogP contribution in [0.25, 0.3) is 0 Å². The zero-order chi connectivity index (χ0) is 13.9. The van der Waals surface area contributed by atoms with Gasteiger partial charge in [-0.25, -0.2) is 4.39 Å². The minimum Gasteiger partial charge on any atom is -0.384 e. The molecule has 3 N–H and O–H groups in total. The second kappa shape index (κ2) is 5.85. The molecule has 0 radical (unpaired) electrons. The quantitative estimate of drug-likeness (QED) is 0.624. The molecule has 0 bridgehead atoms. The molecule has 0 amide bonds. The second-order valence-electron chi connectivity index (χ2n) is 5.19. The minimum absolute atomic E-state index is 0.201. The van der Waals surface area contributed by atoms with Crippen molar-refractivity contribution in [2.45, 2.75) is 33.7 Å². The summed E-state index contributed by atoms with van der Waals surface area (Å²) in [5.74, 6) is -0.206. The number of anilines is 1. The largest absolute Gasteiger partial charge is 0.384 e. The van der Waals surface area contributed by atoms with Gasteiger partial charge in [-0.05, 0) is 31.9 Å². The highest BCUT2D eigenvalue weighted by Crippen LogP contribution is 2.25. The van der Waals surface area contributed by atoms with Crippen LogP contribution in [-0.4, -0.2) is 18.4 Å². The predicted octanol–water partition coefficient (Wildman–Crippen LogP) is 2.98. The first-order valence-electron chi connectivity index (χ1n) is 6.24. The summed E-state index contributed by atoms with van der Waals surface area (Å²) in [5, 5.41) is 7.54. The van der Waals surface area contributed by atoms with Gasteiger partial charge in [0, 0.05) is 12.6 Å². The van der Waals surface area contributed by atoms with E-state index in [1.165, 1.54) is 6.07 Å². The number of hydrogen-bond donors (Lipinski definition) is 2. The van der Waals surface area contributed by atoms with Crippen molar-refractivity contribution in [1.29, 1.82) is 5.41 Å². The van der Waals surface area contributed by atoms with Gasteiger partial charge in [0.05, 0.1) is 11.3 Å². The predicted molar refractivity (Wildman–Crippen MR) is 74.7 cm³/mol. The van der Waals surface area contributed by atoms with Crippen LogP contribution in [0, 0.1) is 17.1 Å². The lowest BCUT2D eigenvalue weighted by molar-refractivity contribution is 0.566. The monoisotopic (exact) mass is 251 g/mol. The first-order chi connectivity index (χ1) is 8.34. The summed E-state index contributed by atoms with van der Waals surface area (Å²) in [4.78, 5) is 2.09. The van der Waals surface area contributed by atoms with Crippen LogP contribution in [0.5, 0.6) is 0 Å². The van der Waals surface area contributed by atoms with E-state index in [4.69, 9.17) is 11.1 Å². The summed E-state index contributed by atoms with van der Waals surface area (Å²) < 4.78 is 13.8. The van der Waals surface area contributed by atoms with Crippen LogP contribution < -0.4 is 10.6 Å². The number of nitrogens with two attached hydrogens (primary N) is 1. The van der Waals surface area contributed by atoms with Crippen molar-refractivity contribution < 1.29 is 4.39 Å². The van der Waals surface area contributed by atoms with Gasteiger partial charge in [-0.15, -0.1) is 0 Å². The first kappa shape index (κ1) is 14.5. The van der Waals surface area contributed by atoms with Crippen LogP contribution in [-0.2, 0) is 0 Å². The van der Waals surface area contributed by atoms with Gasteiger partial charge in [0.25, 0.3) is 0 Å². The van der Waals surface area contributed by atoms with Crippen LogP contribution in [0.15, 0.2) is 18.2 Å². The maximum absolute atomic E-state index is 13.8. The van der Waals surface area contributed by atoms with Gasteiger partial charge in [0.15, 0.2) is 0 Å². The molecular formula is C14H22FN3. The third kappa shape index (κ3) is 3.22. The highest BCUT2D eigenvalue weighted by Gasteiger charge is 2.19. The average Bonchev–Trinajstić information content (AvgIpc) is 2.24. The maximum Gasteiger partial charge on any atom is 0.136 e. The molecule has 0 heterocycles. The summed E-state index contributed by atoms with van der Waals surface area (Å²) in [6, 6.07) is 5.05. The lowest BCUT2D eigenvalue weighted by Crippen LogP contribution is -2.36. The van der Waals surface area contributed by atoms with Crippen molar-refractivity contribution in [3.05, 3.63) is 29.6 Å². The number of hydrogen-bond acceptors (Lipinski definition) is 2. The van der Waals surface area contributed by atoms with E-state index in [-0.39, 0.29) is 17.4 Å². The van der Waals surface area contributed by atoms with Crippen LogP contribution in [0.4, 0.5) is 10.1 Å². The Morgan fingerprint density at radius 2 is 1.94 bits per heavy atom. The van der Waals surface area contributed by atoms with Crippen molar-refractivity contribution in [1.82, 2.24) is 0 Å². The lowest BCUT2D eigenvalue weighted by Gasteiger charge is -2.32. The summed E-state index contributed by atoms with van der Waals surface area (Å²) in [5.41, 5.74) is 6.40. The fourth-order valence-electron chi connectivity index (χ4n) is 2.00. The van der Waals surface area contributed by atoms with Gasteiger partial charge in [0.2, 0.25) is 0 Å². The fraction of sp³-hybridized carbons (Fsp3) is 0.500. The van der Waals surface area contributed by atoms with Crippen LogP contribution in [0.1, 0.15) is 33.3 Å². The Labute approximate surface area is 108 Å². The zero-order valence-electron chi connectivity index (χ0n) is 11.5. The molecule has 1 aromatic rings. The summed E-state index contributed by atoms with van der Waals surface area (Å²) in [6.07, 6.45) is 0. The number of nitrogens with zero attached hydrogens (tertiary/aromatic N) is 1. The number of rotatable bonds is 5. The number of nitrogen functional groups attached to an aromatic ring is 1. The molecule has 1 rings (SSSR count). The molecule has 0 aromatic heterocycles. The van der Waals surface area contributed by atoms with E-state index >= 15 is 0 Å². The summed E-state index contributed by atoms with van der Waals surface area (Å²) in [7, 11) is 0. The van der Waals surface area contributed by atoms with Crippen molar-refractivity contribution in [3.63, 3.8) is 0 Å². The standard InChI is InChI=1S/C14H22FN3/c1-9(2)8-18(10(3)4)12-7-5-6-11(15)13(12)14(16)17/h5-7,9-10H,8H2,1-4H3,(H3,16,17). The number of benzene rings is 1. The van der Waals surface area contributed by atoms with E-state index in [1.54, 1.807) is 6.07 Å². The third-order valence-electron chi connectivity index (χ3n) is 2.76. The van der Waals surface area contributed by atoms with Crippen LogP contribution in [0.3, 0.4) is 0 Å². The molecule has 0 spiro atoms. The molecule has 0 aliphatic heterocycles. The molecular weight excluding hydrogens is 229 g/mol. The van der Waals surface area contributed by atoms with Gasteiger partial charge in [0.1, 0.15) is 11.7 Å². The molecule has 0 aliphatic rings. The minimum atomic E-state index is -0.436. The first-order valence-corrected chi connectivity index (χ1v) is 6.24. The maximum atomic E-state index is 13.8. The van der Waals surface area contributed by atoms with Gasteiger partial charge in [-0.2, -0.15) is 0 Å². The van der Waals surface area contributed by atoms with E-state index in [9.17, 15) is 4.39 Å². The normalized spacial score (nSPS) is 11.1. The van der Waals surface area contributed by atoms with Crippen LogP contribution in [0.2, 0.25) is 0 Å². The molecule has 0 fully saturated rings. The highest BCUT2D eigenvalue weighted by atomic mass is 19.1. The molecule has 100 valence electrons. The van der Waals surface area contributed by atoms with Crippen molar-refractivity contribution >= 4 is 11.5 Å². The SMILES string of the molecule is CC(C)CN(c1cccc(F)c1C(=N)N)C(C)C. The molecule has 1 aromatic carbocycles. The molecule has 0 saturated heterocycles. The van der Waals surface area contributed by atoms with Crippen molar-refractivity contribution in [2.75, 3.05) is 11.4 Å². The lowest BCUT2D eigenvalue weighted by atomic mass is 10.1. The zero-order valence-corrected chi connectivity index (χ0v) is 11.5. The molecule has 4 heteroatoms. The number of amidine groups is 1. The molecule has 0 atom stereocenters. The highest BCUT2D eigenvalue weighted by molar-refractivity contribution is 6.00. The van der Waals surface area contributed by atoms with Gasteiger partial charge in [-0.3, -0.25) is 5.41 Å². The van der Waals surface area contributed by atoms with E-state index in [0.717, 1.165) is 6.54 Å². The summed E-state index contributed by atoms with van der Waals surface area (Å²) >= 11 is 0. The van der Waals surface area contributed by atoms with Crippen molar-refractivity contribution in [2.24, 2.45) is 11.7 Å². The summed E-state index contributed by atoms with van der Waals surface area (Å²) in [6.45, 7) is 9.14. The molecule has 0 aliphatic carbocycles. The number of halogens is 1. The van der Waals surface area contributed by atoms with Gasteiger partial charge in [-0.1, -0.05) is 19.9 Å². The van der Waals surface area contributed by atoms with E-state index < -0.39 is 5.82 Å². The molecule has 0 unspecified atom stereocenters. The number of nitrogens with one attached hydrogen (secondary N) is 1. The van der Waals surface area contributed by atoms with Gasteiger partial charge >= 0.3 is 0 Å². The average molecular weight is 251 g/mol. The Bertz CT molecular complexity index is 427. The third-order valence-corrected chi connectivity index (χ3v) is 2.76. The van der Waals surface area contributed by atoms with E-state index in [0.29, 0.717) is 11.6 Å². The Kier molecular flexibility index (Phi) is 4.70. The van der Waals surface area contributed by atoms with Crippen molar-refractivity contribution in [3.8, 4) is 0 Å². The smallest absolute Gasteiger partial charge is 0.136 e. The topological polar surface area (TPSA) is 53.1 Å². The van der Waals surface area contributed by atoms with E-state index in [2.05, 4.69) is 32.6 Å². The fourth-order valence-corrected chi connectivity index (χ4v) is 2.00. The Morgan fingerprint density at radius 3 is 2.39 bits per heavy atom. The Balaban J connectivity index is 3.27. The molecule has 0 saturated carbocycles. The molecule has 3 nitrogen and oxygen atoms in total.